The number of nitrogens with two attached hydrogens (primary N) is 1. The quantitative estimate of drug-likeness (QED) is 0.826. The van der Waals surface area contributed by atoms with Gasteiger partial charge in [-0.3, -0.25) is 0 Å². The van der Waals surface area contributed by atoms with Crippen molar-refractivity contribution in [2.24, 2.45) is 0 Å². The molecule has 0 aliphatic carbocycles. The maximum Gasteiger partial charge on any atom is 0.127 e. The SMILES string of the molecule is CCCCc1cc2ccccc2nc1N. The second kappa shape index (κ2) is 4.30. The van der Waals surface area contributed by atoms with E-state index in [1.807, 2.05) is 18.2 Å². The van der Waals surface area contributed by atoms with Crippen molar-refractivity contribution < 1.29 is 0 Å². The maximum absolute atomic E-state index is 5.92. The number of nitrogen functional groups attached to an aromatic ring is 1. The third-order valence-corrected chi connectivity index (χ3v) is 2.64. The Morgan fingerprint density at radius 3 is 2.87 bits per heavy atom. The molecule has 0 fully saturated rings. The Hall–Kier alpha value is -1.57. The lowest BCUT2D eigenvalue weighted by Gasteiger charge is -2.06. The molecule has 0 unspecified atom stereocenters. The summed E-state index contributed by atoms with van der Waals surface area (Å²) in [6.07, 6.45) is 3.39. The molecule has 2 rings (SSSR count). The first-order valence-corrected chi connectivity index (χ1v) is 5.45. The van der Waals surface area contributed by atoms with Gasteiger partial charge >= 0.3 is 0 Å². The zero-order valence-electron chi connectivity index (χ0n) is 9.03. The highest BCUT2D eigenvalue weighted by atomic mass is 14.8. The van der Waals surface area contributed by atoms with Crippen molar-refractivity contribution in [2.75, 3.05) is 5.73 Å². The second-order valence-electron chi connectivity index (χ2n) is 3.83. The number of hydrogen-bond acceptors (Lipinski definition) is 2. The molecule has 0 saturated carbocycles. The molecule has 0 saturated heterocycles. The number of anilines is 1. The second-order valence-corrected chi connectivity index (χ2v) is 3.83. The van der Waals surface area contributed by atoms with E-state index in [1.54, 1.807) is 0 Å². The smallest absolute Gasteiger partial charge is 0.127 e. The Morgan fingerprint density at radius 2 is 2.07 bits per heavy atom. The van der Waals surface area contributed by atoms with Crippen LogP contribution in [-0.4, -0.2) is 4.98 Å². The van der Waals surface area contributed by atoms with Crippen molar-refractivity contribution >= 4 is 16.7 Å². The van der Waals surface area contributed by atoms with Gasteiger partial charge in [0.25, 0.3) is 0 Å². The number of benzene rings is 1. The topological polar surface area (TPSA) is 38.9 Å². The van der Waals surface area contributed by atoms with Gasteiger partial charge in [0.05, 0.1) is 5.52 Å². The Labute approximate surface area is 90.1 Å². The molecule has 0 radical (unpaired) electrons. The van der Waals surface area contributed by atoms with Gasteiger partial charge in [-0.15, -0.1) is 0 Å². The van der Waals surface area contributed by atoms with Crippen molar-refractivity contribution in [1.29, 1.82) is 0 Å². The number of aromatic nitrogens is 1. The van der Waals surface area contributed by atoms with Crippen molar-refractivity contribution in [2.45, 2.75) is 26.2 Å². The van der Waals surface area contributed by atoms with E-state index >= 15 is 0 Å². The standard InChI is InChI=1S/C13H16N2/c1-2-3-6-11-9-10-7-4-5-8-12(10)15-13(11)14/h4-5,7-9H,2-3,6H2,1H3,(H2,14,15). The van der Waals surface area contributed by atoms with Crippen LogP contribution in [0.15, 0.2) is 30.3 Å². The maximum atomic E-state index is 5.92. The Bertz CT molecular complexity index is 463. The number of para-hydroxylation sites is 1. The first kappa shape index (κ1) is 9.97. The highest BCUT2D eigenvalue weighted by Gasteiger charge is 2.02. The third kappa shape index (κ3) is 2.09. The van der Waals surface area contributed by atoms with Crippen molar-refractivity contribution in [1.82, 2.24) is 4.98 Å². The molecular weight excluding hydrogens is 184 g/mol. The summed E-state index contributed by atoms with van der Waals surface area (Å²) in [6, 6.07) is 10.3. The van der Waals surface area contributed by atoms with Gasteiger partial charge in [0.1, 0.15) is 5.82 Å². The van der Waals surface area contributed by atoms with Gasteiger partial charge in [-0.05, 0) is 30.5 Å². The van der Waals surface area contributed by atoms with Crippen molar-refractivity contribution in [3.05, 3.63) is 35.9 Å². The minimum atomic E-state index is 0.683. The number of nitrogens with zero attached hydrogens (tertiary/aromatic N) is 1. The first-order valence-electron chi connectivity index (χ1n) is 5.45. The van der Waals surface area contributed by atoms with E-state index in [0.29, 0.717) is 5.82 Å². The fraction of sp³-hybridized carbons (Fsp3) is 0.308. The van der Waals surface area contributed by atoms with E-state index in [9.17, 15) is 0 Å². The van der Waals surface area contributed by atoms with Gasteiger partial charge in [-0.25, -0.2) is 4.98 Å². The minimum Gasteiger partial charge on any atom is -0.383 e. The molecule has 0 atom stereocenters. The number of pyridine rings is 1. The summed E-state index contributed by atoms with van der Waals surface area (Å²) in [4.78, 5) is 4.41. The van der Waals surface area contributed by atoms with Gasteiger partial charge in [0.2, 0.25) is 0 Å². The van der Waals surface area contributed by atoms with E-state index in [2.05, 4.69) is 24.0 Å². The number of unbranched alkanes of at least 4 members (excludes halogenated alkanes) is 1. The minimum absolute atomic E-state index is 0.683. The summed E-state index contributed by atoms with van der Waals surface area (Å²) in [5.74, 6) is 0.683. The predicted octanol–water partition coefficient (Wildman–Crippen LogP) is 3.16. The van der Waals surface area contributed by atoms with Crippen LogP contribution >= 0.6 is 0 Å². The van der Waals surface area contributed by atoms with Crippen LogP contribution in [0.4, 0.5) is 5.82 Å². The lowest BCUT2D eigenvalue weighted by atomic mass is 10.1. The van der Waals surface area contributed by atoms with Gasteiger partial charge in [0, 0.05) is 5.39 Å². The van der Waals surface area contributed by atoms with Crippen LogP contribution in [0.5, 0.6) is 0 Å². The number of hydrogen-bond donors (Lipinski definition) is 1. The molecule has 15 heavy (non-hydrogen) atoms. The summed E-state index contributed by atoms with van der Waals surface area (Å²) >= 11 is 0. The molecule has 2 heteroatoms. The molecule has 2 nitrogen and oxygen atoms in total. The molecule has 78 valence electrons. The van der Waals surface area contributed by atoms with Gasteiger partial charge in [0.15, 0.2) is 0 Å². The van der Waals surface area contributed by atoms with Crippen LogP contribution in [0.3, 0.4) is 0 Å². The summed E-state index contributed by atoms with van der Waals surface area (Å²) in [5, 5.41) is 1.18. The predicted molar refractivity (Wildman–Crippen MR) is 64.8 cm³/mol. The molecule has 0 amide bonds. The van der Waals surface area contributed by atoms with E-state index < -0.39 is 0 Å². The van der Waals surface area contributed by atoms with Crippen LogP contribution in [0.2, 0.25) is 0 Å². The fourth-order valence-electron chi connectivity index (χ4n) is 1.74. The molecule has 1 heterocycles. The Kier molecular flexibility index (Phi) is 2.86. The van der Waals surface area contributed by atoms with Crippen LogP contribution in [-0.2, 0) is 6.42 Å². The van der Waals surface area contributed by atoms with Crippen LogP contribution in [0.1, 0.15) is 25.3 Å². The van der Waals surface area contributed by atoms with Crippen molar-refractivity contribution in [3.63, 3.8) is 0 Å². The largest absolute Gasteiger partial charge is 0.383 e. The lowest BCUT2D eigenvalue weighted by molar-refractivity contribution is 0.795. The summed E-state index contributed by atoms with van der Waals surface area (Å²) in [7, 11) is 0. The third-order valence-electron chi connectivity index (χ3n) is 2.64. The fourth-order valence-corrected chi connectivity index (χ4v) is 1.74. The summed E-state index contributed by atoms with van der Waals surface area (Å²) in [5.41, 5.74) is 8.07. The molecule has 1 aromatic heterocycles. The number of aryl methyl sites for hydroxylation is 1. The average Bonchev–Trinajstić information content (AvgIpc) is 2.26. The van der Waals surface area contributed by atoms with Crippen LogP contribution in [0.25, 0.3) is 10.9 Å². The highest BCUT2D eigenvalue weighted by molar-refractivity contribution is 5.81. The Morgan fingerprint density at radius 1 is 1.27 bits per heavy atom. The van der Waals surface area contributed by atoms with Crippen LogP contribution in [0, 0.1) is 0 Å². The average molecular weight is 200 g/mol. The number of fused-ring (bicyclic) bond motifs is 1. The monoisotopic (exact) mass is 200 g/mol. The molecular formula is C13H16N2. The van der Waals surface area contributed by atoms with Crippen LogP contribution < -0.4 is 5.73 Å². The molecule has 0 aliphatic rings. The Balaban J connectivity index is 2.43. The van der Waals surface area contributed by atoms with E-state index in [0.717, 1.165) is 11.9 Å². The van der Waals surface area contributed by atoms with E-state index in [4.69, 9.17) is 5.73 Å². The van der Waals surface area contributed by atoms with Gasteiger partial charge < -0.3 is 5.73 Å². The van der Waals surface area contributed by atoms with Gasteiger partial charge in [-0.1, -0.05) is 31.5 Å². The van der Waals surface area contributed by atoms with Gasteiger partial charge in [-0.2, -0.15) is 0 Å². The zero-order valence-corrected chi connectivity index (χ0v) is 9.03. The molecule has 0 aliphatic heterocycles. The first-order chi connectivity index (χ1) is 7.31. The zero-order chi connectivity index (χ0) is 10.7. The lowest BCUT2D eigenvalue weighted by Crippen LogP contribution is -1.98. The van der Waals surface area contributed by atoms with Crippen molar-refractivity contribution in [3.8, 4) is 0 Å². The summed E-state index contributed by atoms with van der Waals surface area (Å²) in [6.45, 7) is 2.19. The molecule has 0 bridgehead atoms. The molecule has 0 spiro atoms. The van der Waals surface area contributed by atoms with E-state index in [1.165, 1.54) is 23.8 Å². The molecule has 2 N–H and O–H groups in total. The molecule has 1 aromatic carbocycles. The highest BCUT2D eigenvalue weighted by Crippen LogP contribution is 2.19. The molecule has 2 aromatic rings. The van der Waals surface area contributed by atoms with E-state index in [-0.39, 0.29) is 0 Å². The normalized spacial score (nSPS) is 10.7. The number of rotatable bonds is 3. The summed E-state index contributed by atoms with van der Waals surface area (Å²) < 4.78 is 0.